The van der Waals surface area contributed by atoms with Crippen LogP contribution in [0.15, 0.2) is 70.3 Å². The van der Waals surface area contributed by atoms with E-state index in [0.717, 1.165) is 76.8 Å². The Bertz CT molecular complexity index is 1180. The summed E-state index contributed by atoms with van der Waals surface area (Å²) in [5.41, 5.74) is 7.67. The topological polar surface area (TPSA) is 62.5 Å². The van der Waals surface area contributed by atoms with Gasteiger partial charge in [-0.1, -0.05) is 59.6 Å². The van der Waals surface area contributed by atoms with Gasteiger partial charge in [0.2, 0.25) is 0 Å². The number of carbonyl (C=O) groups is 1. The van der Waals surface area contributed by atoms with Crippen LogP contribution in [-0.2, 0) is 4.79 Å². The number of aromatic nitrogens is 1. The second-order valence-electron chi connectivity index (χ2n) is 9.61. The molecule has 0 aliphatic heterocycles. The van der Waals surface area contributed by atoms with Crippen LogP contribution in [0.1, 0.15) is 74.5 Å². The van der Waals surface area contributed by atoms with E-state index in [1.54, 1.807) is 0 Å². The monoisotopic (exact) mass is 532 g/mol. The number of aliphatic carboxylic acids is 1. The SMILES string of the molecule is CCCC(=Nc1cc(Br)ccc1C)c1ccc(-c2ccc(C3CCC(CC(=O)O)CC3)cc2)nc1. The summed E-state index contributed by atoms with van der Waals surface area (Å²) in [6, 6.07) is 19.1. The summed E-state index contributed by atoms with van der Waals surface area (Å²) in [6.45, 7) is 4.26. The van der Waals surface area contributed by atoms with Crippen molar-refractivity contribution in [1.29, 1.82) is 0 Å². The van der Waals surface area contributed by atoms with E-state index in [2.05, 4.69) is 78.3 Å². The smallest absolute Gasteiger partial charge is 0.303 e. The Kier molecular flexibility index (Phi) is 8.50. The van der Waals surface area contributed by atoms with Gasteiger partial charge < -0.3 is 5.11 Å². The lowest BCUT2D eigenvalue weighted by Gasteiger charge is -2.28. The Morgan fingerprint density at radius 1 is 1.06 bits per heavy atom. The number of aliphatic imine (C=N–C) groups is 1. The maximum Gasteiger partial charge on any atom is 0.303 e. The molecule has 1 heterocycles. The molecule has 1 saturated carbocycles. The van der Waals surface area contributed by atoms with E-state index in [0.29, 0.717) is 18.3 Å². The lowest BCUT2D eigenvalue weighted by atomic mass is 9.77. The van der Waals surface area contributed by atoms with Gasteiger partial charge in [-0.25, -0.2) is 0 Å². The quantitative estimate of drug-likeness (QED) is 0.295. The minimum atomic E-state index is -0.673. The van der Waals surface area contributed by atoms with Crippen molar-refractivity contribution in [2.45, 2.75) is 64.7 Å². The molecule has 1 aromatic heterocycles. The van der Waals surface area contributed by atoms with Gasteiger partial charge in [0.05, 0.1) is 11.4 Å². The van der Waals surface area contributed by atoms with Gasteiger partial charge in [0.1, 0.15) is 0 Å². The van der Waals surface area contributed by atoms with Crippen LogP contribution >= 0.6 is 15.9 Å². The van der Waals surface area contributed by atoms with Gasteiger partial charge >= 0.3 is 5.97 Å². The Morgan fingerprint density at radius 3 is 2.43 bits per heavy atom. The average molecular weight is 534 g/mol. The van der Waals surface area contributed by atoms with Crippen molar-refractivity contribution in [1.82, 2.24) is 4.98 Å². The number of nitrogens with zero attached hydrogens (tertiary/aromatic N) is 2. The second-order valence-corrected chi connectivity index (χ2v) is 10.5. The predicted molar refractivity (Wildman–Crippen MR) is 147 cm³/mol. The highest BCUT2D eigenvalue weighted by molar-refractivity contribution is 9.10. The molecule has 5 heteroatoms. The first-order chi connectivity index (χ1) is 16.9. The molecule has 1 aliphatic rings. The highest BCUT2D eigenvalue weighted by Crippen LogP contribution is 2.37. The maximum atomic E-state index is 11.0. The van der Waals surface area contributed by atoms with Gasteiger partial charge in [0.15, 0.2) is 0 Å². The molecule has 0 bridgehead atoms. The largest absolute Gasteiger partial charge is 0.481 e. The molecule has 1 fully saturated rings. The summed E-state index contributed by atoms with van der Waals surface area (Å²) < 4.78 is 1.03. The molecule has 0 spiro atoms. The van der Waals surface area contributed by atoms with Crippen molar-refractivity contribution in [3.05, 3.63) is 82.0 Å². The number of hydrogen-bond donors (Lipinski definition) is 1. The maximum absolute atomic E-state index is 11.0. The fraction of sp³-hybridized carbons (Fsp3) is 0.367. The van der Waals surface area contributed by atoms with Crippen molar-refractivity contribution in [2.75, 3.05) is 0 Å². The minimum Gasteiger partial charge on any atom is -0.481 e. The molecule has 3 aromatic rings. The number of carboxylic acid groups (broad SMARTS) is 1. The summed E-state index contributed by atoms with van der Waals surface area (Å²) in [5, 5.41) is 9.03. The average Bonchev–Trinajstić information content (AvgIpc) is 2.86. The summed E-state index contributed by atoms with van der Waals surface area (Å²) in [4.78, 5) is 20.7. The van der Waals surface area contributed by atoms with Crippen LogP contribution in [-0.4, -0.2) is 21.8 Å². The Labute approximate surface area is 216 Å². The zero-order valence-electron chi connectivity index (χ0n) is 20.5. The molecular weight excluding hydrogens is 500 g/mol. The van der Waals surface area contributed by atoms with E-state index in [9.17, 15) is 4.79 Å². The third kappa shape index (κ3) is 6.66. The van der Waals surface area contributed by atoms with Crippen molar-refractivity contribution in [3.8, 4) is 11.3 Å². The van der Waals surface area contributed by atoms with E-state index < -0.39 is 5.97 Å². The standard InChI is InChI=1S/C30H33BrN2O2/c1-3-4-28(33-29-18-26(31)15-5-20(29)2)25-14-16-27(32-19-25)24-12-10-23(11-13-24)22-8-6-21(7-9-22)17-30(34)35/h5,10-16,18-19,21-22H,3-4,6-9,17H2,1-2H3,(H,34,35). The van der Waals surface area contributed by atoms with Crippen LogP contribution in [0.3, 0.4) is 0 Å². The van der Waals surface area contributed by atoms with Crippen molar-refractivity contribution in [2.24, 2.45) is 10.9 Å². The van der Waals surface area contributed by atoms with Crippen molar-refractivity contribution < 1.29 is 9.90 Å². The molecule has 0 saturated heterocycles. The number of halogens is 1. The molecule has 0 radical (unpaired) electrons. The molecule has 0 amide bonds. The van der Waals surface area contributed by atoms with E-state index in [-0.39, 0.29) is 0 Å². The minimum absolute atomic E-state index is 0.306. The summed E-state index contributed by atoms with van der Waals surface area (Å²) >= 11 is 3.56. The van der Waals surface area contributed by atoms with Gasteiger partial charge in [-0.3, -0.25) is 14.8 Å². The van der Waals surface area contributed by atoms with Gasteiger partial charge in [-0.15, -0.1) is 0 Å². The Balaban J connectivity index is 1.47. The van der Waals surface area contributed by atoms with Crippen molar-refractivity contribution in [3.63, 3.8) is 0 Å². The zero-order chi connectivity index (χ0) is 24.8. The lowest BCUT2D eigenvalue weighted by molar-refractivity contribution is -0.138. The molecule has 35 heavy (non-hydrogen) atoms. The van der Waals surface area contributed by atoms with E-state index in [1.807, 2.05) is 12.3 Å². The molecule has 2 aromatic carbocycles. The molecule has 4 nitrogen and oxygen atoms in total. The molecule has 182 valence electrons. The lowest BCUT2D eigenvalue weighted by Crippen LogP contribution is -2.16. The zero-order valence-corrected chi connectivity index (χ0v) is 22.1. The first-order valence-electron chi connectivity index (χ1n) is 12.5. The van der Waals surface area contributed by atoms with Crippen LogP contribution in [0.2, 0.25) is 0 Å². The number of aryl methyl sites for hydroxylation is 1. The summed E-state index contributed by atoms with van der Waals surface area (Å²) in [7, 11) is 0. The molecule has 4 rings (SSSR count). The third-order valence-corrected chi connectivity index (χ3v) is 7.49. The van der Waals surface area contributed by atoms with Crippen LogP contribution in [0.25, 0.3) is 11.3 Å². The van der Waals surface area contributed by atoms with Crippen LogP contribution in [0.4, 0.5) is 5.69 Å². The first-order valence-corrected chi connectivity index (χ1v) is 13.3. The van der Waals surface area contributed by atoms with Crippen LogP contribution < -0.4 is 0 Å². The number of carboxylic acids is 1. The predicted octanol–water partition coefficient (Wildman–Crippen LogP) is 8.49. The molecule has 0 atom stereocenters. The second kappa shape index (κ2) is 11.8. The number of benzene rings is 2. The number of pyridine rings is 1. The Hall–Kier alpha value is -2.79. The van der Waals surface area contributed by atoms with E-state index in [4.69, 9.17) is 15.1 Å². The molecular formula is C30H33BrN2O2. The highest BCUT2D eigenvalue weighted by atomic mass is 79.9. The van der Waals surface area contributed by atoms with Gasteiger partial charge in [0, 0.05) is 33.9 Å². The third-order valence-electron chi connectivity index (χ3n) is 7.00. The van der Waals surface area contributed by atoms with Crippen LogP contribution in [0.5, 0.6) is 0 Å². The fourth-order valence-corrected chi connectivity index (χ4v) is 5.31. The number of hydrogen-bond acceptors (Lipinski definition) is 3. The summed E-state index contributed by atoms with van der Waals surface area (Å²) in [6.07, 6.45) is 8.31. The Morgan fingerprint density at radius 2 is 1.80 bits per heavy atom. The normalized spacial score (nSPS) is 18.4. The molecule has 1 aliphatic carbocycles. The van der Waals surface area contributed by atoms with Crippen LogP contribution in [0, 0.1) is 12.8 Å². The molecule has 0 unspecified atom stereocenters. The van der Waals surface area contributed by atoms with E-state index in [1.165, 1.54) is 5.56 Å². The first kappa shape index (κ1) is 25.3. The highest BCUT2D eigenvalue weighted by Gasteiger charge is 2.24. The van der Waals surface area contributed by atoms with E-state index >= 15 is 0 Å². The van der Waals surface area contributed by atoms with Gasteiger partial charge in [0.25, 0.3) is 0 Å². The van der Waals surface area contributed by atoms with Gasteiger partial charge in [-0.05, 0) is 86.3 Å². The van der Waals surface area contributed by atoms with Crippen molar-refractivity contribution >= 4 is 33.3 Å². The van der Waals surface area contributed by atoms with Gasteiger partial charge in [-0.2, -0.15) is 0 Å². The molecule has 1 N–H and O–H groups in total. The number of rotatable bonds is 8. The fourth-order valence-electron chi connectivity index (χ4n) is 4.96. The summed E-state index contributed by atoms with van der Waals surface area (Å²) in [5.74, 6) is 0.186.